The molecule has 1 aromatic carbocycles. The topological polar surface area (TPSA) is 74.5 Å². The molecule has 7 nitrogen and oxygen atoms in total. The summed E-state index contributed by atoms with van der Waals surface area (Å²) in [7, 11) is 3.65. The van der Waals surface area contributed by atoms with Gasteiger partial charge < -0.3 is 14.6 Å². The maximum atomic E-state index is 11.7. The lowest BCUT2D eigenvalue weighted by molar-refractivity contribution is -0.128. The molecule has 1 fully saturated rings. The van der Waals surface area contributed by atoms with Crippen LogP contribution in [0, 0.1) is 6.92 Å². The Morgan fingerprint density at radius 1 is 1.29 bits per heavy atom. The number of aryl methyl sites for hydroxylation is 1. The summed E-state index contributed by atoms with van der Waals surface area (Å²) in [6.45, 7) is 5.89. The van der Waals surface area contributed by atoms with Crippen LogP contribution in [-0.4, -0.2) is 46.3 Å². The van der Waals surface area contributed by atoms with Crippen molar-refractivity contribution in [1.82, 2.24) is 19.8 Å². The van der Waals surface area contributed by atoms with Gasteiger partial charge in [-0.1, -0.05) is 24.6 Å². The van der Waals surface area contributed by atoms with Crippen molar-refractivity contribution in [3.05, 3.63) is 53.2 Å². The highest BCUT2D eigenvalue weighted by Gasteiger charge is 2.28. The zero-order chi connectivity index (χ0) is 22.0. The van der Waals surface area contributed by atoms with Gasteiger partial charge in [0.2, 0.25) is 5.91 Å². The van der Waals surface area contributed by atoms with Crippen LogP contribution in [0.4, 0.5) is 5.82 Å². The van der Waals surface area contributed by atoms with E-state index in [9.17, 15) is 4.79 Å². The minimum atomic E-state index is 0.0193. The fraction of sp³-hybridized carbons (Fsp3) is 0.458. The second-order valence-electron chi connectivity index (χ2n) is 8.36. The number of amides is 1. The zero-order valence-corrected chi connectivity index (χ0v) is 18.8. The van der Waals surface area contributed by atoms with Crippen molar-refractivity contribution in [3.8, 4) is 0 Å². The van der Waals surface area contributed by atoms with Crippen LogP contribution >= 0.6 is 0 Å². The van der Waals surface area contributed by atoms with E-state index in [0.717, 1.165) is 61.0 Å². The summed E-state index contributed by atoms with van der Waals surface area (Å²) >= 11 is 0. The number of hydrogen-bond donors (Lipinski definition) is 1. The van der Waals surface area contributed by atoms with Crippen molar-refractivity contribution in [2.24, 2.45) is 0 Å². The number of fused-ring (bicyclic) bond motifs is 1. The highest BCUT2D eigenvalue weighted by molar-refractivity contribution is 5.81. The molecule has 7 heteroatoms. The summed E-state index contributed by atoms with van der Waals surface area (Å²) < 4.78 is 6.19. The minimum absolute atomic E-state index is 0.0193. The van der Waals surface area contributed by atoms with Gasteiger partial charge in [-0.2, -0.15) is 0 Å². The van der Waals surface area contributed by atoms with Crippen molar-refractivity contribution < 1.29 is 9.21 Å². The Kier molecular flexibility index (Phi) is 6.23. The summed E-state index contributed by atoms with van der Waals surface area (Å²) in [6.07, 6.45) is 3.31. The molecule has 2 aromatic heterocycles. The van der Waals surface area contributed by atoms with Gasteiger partial charge in [-0.05, 0) is 37.9 Å². The van der Waals surface area contributed by atoms with Crippen molar-refractivity contribution in [2.45, 2.75) is 52.2 Å². The van der Waals surface area contributed by atoms with E-state index in [-0.39, 0.29) is 11.9 Å². The maximum Gasteiger partial charge on any atom is 0.219 e. The lowest BCUT2D eigenvalue weighted by atomic mass is 10.0. The van der Waals surface area contributed by atoms with Gasteiger partial charge in [0.15, 0.2) is 0 Å². The fourth-order valence-corrected chi connectivity index (χ4v) is 4.26. The number of carbonyl (C=O) groups excluding carboxylic acids is 1. The van der Waals surface area contributed by atoms with Crippen LogP contribution in [-0.2, 0) is 17.9 Å². The first-order valence-corrected chi connectivity index (χ1v) is 10.9. The number of nitrogens with one attached hydrogen (secondary N) is 1. The number of benzene rings is 1. The van der Waals surface area contributed by atoms with Crippen LogP contribution in [0.3, 0.4) is 0 Å². The Bertz CT molecular complexity index is 1080. The third-order valence-corrected chi connectivity index (χ3v) is 6.19. The quantitative estimate of drug-likeness (QED) is 0.640. The summed E-state index contributed by atoms with van der Waals surface area (Å²) in [6, 6.07) is 10.2. The lowest BCUT2D eigenvalue weighted by Crippen LogP contribution is -2.34. The molecule has 3 aromatic rings. The van der Waals surface area contributed by atoms with E-state index in [1.807, 2.05) is 25.2 Å². The van der Waals surface area contributed by atoms with Gasteiger partial charge >= 0.3 is 0 Å². The van der Waals surface area contributed by atoms with E-state index in [4.69, 9.17) is 14.4 Å². The smallest absolute Gasteiger partial charge is 0.219 e. The second-order valence-corrected chi connectivity index (χ2v) is 8.36. The Morgan fingerprint density at radius 3 is 2.84 bits per heavy atom. The van der Waals surface area contributed by atoms with Crippen LogP contribution in [0.5, 0.6) is 0 Å². The average molecular weight is 422 g/mol. The molecule has 1 N–H and O–H groups in total. The van der Waals surface area contributed by atoms with Crippen molar-refractivity contribution in [2.75, 3.05) is 26.0 Å². The third-order valence-electron chi connectivity index (χ3n) is 6.19. The van der Waals surface area contributed by atoms with Crippen LogP contribution in [0.15, 0.2) is 34.7 Å². The molecule has 0 bridgehead atoms. The van der Waals surface area contributed by atoms with Crippen LogP contribution in [0.2, 0.25) is 0 Å². The molecule has 164 valence electrons. The van der Waals surface area contributed by atoms with Gasteiger partial charge in [-0.3, -0.25) is 9.69 Å². The summed E-state index contributed by atoms with van der Waals surface area (Å²) in [5.41, 5.74) is 2.98. The molecule has 0 radical (unpaired) electrons. The van der Waals surface area contributed by atoms with Crippen LogP contribution < -0.4 is 5.32 Å². The Morgan fingerprint density at radius 2 is 2.10 bits per heavy atom. The number of carbonyl (C=O) groups is 1. The number of para-hydroxylation sites is 1. The largest absolute Gasteiger partial charge is 0.459 e. The SMILES string of the molecule is CNc1cc(CN(C)C(C)=O)nc([C@@H]2CCCCN2Cc2oc3ccccc3c2C)n1. The monoisotopic (exact) mass is 421 g/mol. The molecule has 4 rings (SSSR count). The molecule has 31 heavy (non-hydrogen) atoms. The molecule has 1 aliphatic heterocycles. The van der Waals surface area contributed by atoms with Gasteiger partial charge in [0.1, 0.15) is 23.0 Å². The highest BCUT2D eigenvalue weighted by atomic mass is 16.3. The highest BCUT2D eigenvalue weighted by Crippen LogP contribution is 2.33. The van der Waals surface area contributed by atoms with Crippen molar-refractivity contribution >= 4 is 22.7 Å². The molecule has 0 spiro atoms. The zero-order valence-electron chi connectivity index (χ0n) is 18.8. The molecule has 1 amide bonds. The van der Waals surface area contributed by atoms with Crippen LogP contribution in [0.1, 0.15) is 55.1 Å². The number of likely N-dealkylation sites (tertiary alicyclic amines) is 1. The molecular weight excluding hydrogens is 390 g/mol. The Hall–Kier alpha value is -2.93. The Balaban J connectivity index is 1.63. The van der Waals surface area contributed by atoms with Gasteiger partial charge in [0.25, 0.3) is 0 Å². The summed E-state index contributed by atoms with van der Waals surface area (Å²) in [5, 5.41) is 4.32. The minimum Gasteiger partial charge on any atom is -0.459 e. The molecular formula is C24H31N5O2. The van der Waals surface area contributed by atoms with E-state index < -0.39 is 0 Å². The number of aromatic nitrogens is 2. The fourth-order valence-electron chi connectivity index (χ4n) is 4.26. The first kappa shape index (κ1) is 21.3. The second kappa shape index (κ2) is 9.06. The molecule has 1 saturated heterocycles. The van der Waals surface area contributed by atoms with Gasteiger partial charge in [-0.25, -0.2) is 9.97 Å². The number of hydrogen-bond acceptors (Lipinski definition) is 6. The maximum absolute atomic E-state index is 11.7. The standard InChI is InChI=1S/C24H31N5O2/c1-16-19-9-5-6-11-21(19)31-22(16)15-29-12-8-7-10-20(29)24-26-18(13-23(25-3)27-24)14-28(4)17(2)30/h5-6,9,11,13,20H,7-8,10,12,14-15H2,1-4H3,(H,25,26,27)/t20-/m0/s1. The first-order valence-electron chi connectivity index (χ1n) is 10.9. The van der Waals surface area contributed by atoms with E-state index in [0.29, 0.717) is 6.54 Å². The Labute approximate surface area is 183 Å². The van der Waals surface area contributed by atoms with E-state index >= 15 is 0 Å². The molecule has 1 atom stereocenters. The van der Waals surface area contributed by atoms with Crippen LogP contribution in [0.25, 0.3) is 11.0 Å². The summed E-state index contributed by atoms with van der Waals surface area (Å²) in [4.78, 5) is 25.5. The summed E-state index contributed by atoms with van der Waals surface area (Å²) in [5.74, 6) is 2.62. The number of nitrogens with zero attached hydrogens (tertiary/aromatic N) is 4. The molecule has 0 unspecified atom stereocenters. The van der Waals surface area contributed by atoms with E-state index in [1.165, 1.54) is 10.9 Å². The van der Waals surface area contributed by atoms with Gasteiger partial charge in [-0.15, -0.1) is 0 Å². The van der Waals surface area contributed by atoms with Crippen molar-refractivity contribution in [3.63, 3.8) is 0 Å². The lowest BCUT2D eigenvalue weighted by Gasteiger charge is -2.34. The van der Waals surface area contributed by atoms with Gasteiger partial charge in [0.05, 0.1) is 24.8 Å². The first-order chi connectivity index (χ1) is 15.0. The van der Waals surface area contributed by atoms with E-state index in [1.54, 1.807) is 18.9 Å². The molecule has 3 heterocycles. The van der Waals surface area contributed by atoms with Gasteiger partial charge in [0, 0.05) is 32.5 Å². The molecule has 1 aliphatic rings. The number of rotatable bonds is 6. The number of anilines is 1. The average Bonchev–Trinajstić information content (AvgIpc) is 3.09. The number of furan rings is 1. The normalized spacial score (nSPS) is 17.1. The molecule has 0 aliphatic carbocycles. The predicted octanol–water partition coefficient (Wildman–Crippen LogP) is 4.28. The van der Waals surface area contributed by atoms with E-state index in [2.05, 4.69) is 29.3 Å². The third kappa shape index (κ3) is 4.56. The predicted molar refractivity (Wildman–Crippen MR) is 122 cm³/mol. The van der Waals surface area contributed by atoms with Crippen molar-refractivity contribution in [1.29, 1.82) is 0 Å². The number of piperidine rings is 1. The molecule has 0 saturated carbocycles.